The zero-order chi connectivity index (χ0) is 20.6. The first-order valence-electron chi connectivity index (χ1n) is 10.1. The minimum absolute atomic E-state index is 0.840. The third-order valence-electron chi connectivity index (χ3n) is 5.37. The molecule has 1 aliphatic heterocycles. The fraction of sp³-hybridized carbons (Fsp3) is 0. The second kappa shape index (κ2) is 7.45. The Morgan fingerprint density at radius 2 is 1.16 bits per heavy atom. The molecule has 0 saturated heterocycles. The maximum absolute atomic E-state index is 4.51. The van der Waals surface area contributed by atoms with Crippen molar-refractivity contribution in [1.82, 2.24) is 15.0 Å². The van der Waals surface area contributed by atoms with Crippen molar-refractivity contribution in [3.8, 4) is 16.9 Å². The average Bonchev–Trinajstić information content (AvgIpc) is 3.33. The number of para-hydroxylation sites is 4. The molecule has 0 fully saturated rings. The maximum atomic E-state index is 4.51. The van der Waals surface area contributed by atoms with Gasteiger partial charge in [0.25, 0.3) is 0 Å². The van der Waals surface area contributed by atoms with Gasteiger partial charge in [-0.3, -0.25) is 0 Å². The maximum Gasteiger partial charge on any atom is 0.115 e. The highest BCUT2D eigenvalue weighted by atomic mass is 32.2. The molecule has 0 aliphatic carbocycles. The Labute approximate surface area is 184 Å². The van der Waals surface area contributed by atoms with Crippen molar-refractivity contribution >= 4 is 28.8 Å². The van der Waals surface area contributed by atoms with Crippen LogP contribution in [0, 0.1) is 0 Å². The second-order valence-corrected chi connectivity index (χ2v) is 8.36. The Morgan fingerprint density at radius 1 is 0.581 bits per heavy atom. The smallest absolute Gasteiger partial charge is 0.115 e. The third kappa shape index (κ3) is 3.10. The number of anilines is 3. The Bertz CT molecular complexity index is 1330. The topological polar surface area (TPSA) is 34.0 Å². The number of benzene rings is 4. The summed E-state index contributed by atoms with van der Waals surface area (Å²) >= 11 is 1.81. The Morgan fingerprint density at radius 3 is 1.87 bits per heavy atom. The number of rotatable bonds is 3. The summed E-state index contributed by atoms with van der Waals surface area (Å²) < 4.78 is 1.82. The molecule has 0 amide bonds. The molecule has 5 heteroatoms. The van der Waals surface area contributed by atoms with Crippen LogP contribution in [0.4, 0.5) is 17.1 Å². The van der Waals surface area contributed by atoms with Gasteiger partial charge < -0.3 is 4.90 Å². The molecule has 4 aromatic carbocycles. The Balaban J connectivity index is 1.52. The van der Waals surface area contributed by atoms with Gasteiger partial charge in [0.15, 0.2) is 0 Å². The lowest BCUT2D eigenvalue weighted by molar-refractivity contribution is 0.804. The van der Waals surface area contributed by atoms with Crippen molar-refractivity contribution in [3.05, 3.63) is 109 Å². The molecule has 1 aromatic heterocycles. The van der Waals surface area contributed by atoms with Crippen LogP contribution in [0.1, 0.15) is 0 Å². The summed E-state index contributed by atoms with van der Waals surface area (Å²) in [6.07, 6.45) is 1.99. The minimum Gasteiger partial charge on any atom is -0.308 e. The summed E-state index contributed by atoms with van der Waals surface area (Å²) in [6, 6.07) is 35.5. The van der Waals surface area contributed by atoms with E-state index in [1.807, 2.05) is 53.0 Å². The van der Waals surface area contributed by atoms with E-state index in [1.54, 1.807) is 0 Å². The molecule has 4 nitrogen and oxygen atoms in total. The third-order valence-corrected chi connectivity index (χ3v) is 6.50. The summed E-state index contributed by atoms with van der Waals surface area (Å²) in [5.41, 5.74) is 6.31. The van der Waals surface area contributed by atoms with E-state index in [4.69, 9.17) is 0 Å². The molecule has 0 N–H and O–H groups in total. The van der Waals surface area contributed by atoms with E-state index < -0.39 is 0 Å². The zero-order valence-electron chi connectivity index (χ0n) is 16.6. The summed E-state index contributed by atoms with van der Waals surface area (Å²) in [5, 5.41) is 8.89. The molecule has 2 heterocycles. The molecule has 0 atom stereocenters. The lowest BCUT2D eigenvalue weighted by atomic mass is 10.1. The first-order valence-corrected chi connectivity index (χ1v) is 10.9. The van der Waals surface area contributed by atoms with E-state index >= 15 is 0 Å². The quantitative estimate of drug-likeness (QED) is 0.314. The van der Waals surface area contributed by atoms with Crippen molar-refractivity contribution in [3.63, 3.8) is 0 Å². The first kappa shape index (κ1) is 18.0. The van der Waals surface area contributed by atoms with Gasteiger partial charge in [0.2, 0.25) is 0 Å². The van der Waals surface area contributed by atoms with Crippen molar-refractivity contribution in [2.75, 3.05) is 4.90 Å². The number of fused-ring (bicyclic) bond motifs is 2. The molecule has 0 unspecified atom stereocenters. The normalized spacial score (nSPS) is 12.3. The zero-order valence-corrected chi connectivity index (χ0v) is 17.4. The molecule has 1 aliphatic rings. The fourth-order valence-electron chi connectivity index (χ4n) is 3.94. The van der Waals surface area contributed by atoms with Gasteiger partial charge in [-0.05, 0) is 42.5 Å². The van der Waals surface area contributed by atoms with Crippen molar-refractivity contribution < 1.29 is 0 Å². The SMILES string of the molecule is c1ccc(-n2cc(-c3ccccc3N3c4ccccc4Sc4ccccc43)nn2)cc1. The number of hydrogen-bond acceptors (Lipinski definition) is 4. The highest BCUT2D eigenvalue weighted by Crippen LogP contribution is 2.52. The largest absolute Gasteiger partial charge is 0.308 e. The summed E-state index contributed by atoms with van der Waals surface area (Å²) in [7, 11) is 0. The van der Waals surface area contributed by atoms with Crippen LogP contribution in [0.5, 0.6) is 0 Å². The molecule has 31 heavy (non-hydrogen) atoms. The van der Waals surface area contributed by atoms with E-state index in [-0.39, 0.29) is 0 Å². The van der Waals surface area contributed by atoms with Crippen LogP contribution in [-0.2, 0) is 0 Å². The van der Waals surface area contributed by atoms with Crippen LogP contribution in [0.3, 0.4) is 0 Å². The lowest BCUT2D eigenvalue weighted by Gasteiger charge is -2.33. The van der Waals surface area contributed by atoms with Gasteiger partial charge in [0, 0.05) is 15.4 Å². The average molecular weight is 419 g/mol. The molecular weight excluding hydrogens is 400 g/mol. The predicted molar refractivity (Wildman–Crippen MR) is 126 cm³/mol. The van der Waals surface area contributed by atoms with Crippen LogP contribution in [-0.4, -0.2) is 15.0 Å². The van der Waals surface area contributed by atoms with Gasteiger partial charge in [-0.1, -0.05) is 77.6 Å². The van der Waals surface area contributed by atoms with Crippen molar-refractivity contribution in [1.29, 1.82) is 0 Å². The van der Waals surface area contributed by atoms with Crippen LogP contribution < -0.4 is 4.90 Å². The molecule has 0 radical (unpaired) electrons. The Kier molecular flexibility index (Phi) is 4.32. The van der Waals surface area contributed by atoms with E-state index in [0.29, 0.717) is 0 Å². The molecule has 6 rings (SSSR count). The Hall–Kier alpha value is -3.83. The minimum atomic E-state index is 0.840. The molecule has 0 saturated carbocycles. The van der Waals surface area contributed by atoms with Gasteiger partial charge in [0.1, 0.15) is 5.69 Å². The molecule has 148 valence electrons. The van der Waals surface area contributed by atoms with E-state index in [2.05, 4.69) is 88.0 Å². The van der Waals surface area contributed by atoms with Crippen LogP contribution in [0.15, 0.2) is 119 Å². The first-order chi connectivity index (χ1) is 15.4. The van der Waals surface area contributed by atoms with Gasteiger partial charge in [-0.15, -0.1) is 5.10 Å². The van der Waals surface area contributed by atoms with Crippen molar-refractivity contribution in [2.45, 2.75) is 9.79 Å². The van der Waals surface area contributed by atoms with Gasteiger partial charge in [-0.2, -0.15) is 0 Å². The highest BCUT2D eigenvalue weighted by Gasteiger charge is 2.26. The monoisotopic (exact) mass is 418 g/mol. The van der Waals surface area contributed by atoms with Crippen LogP contribution in [0.25, 0.3) is 16.9 Å². The molecular formula is C26H18N4S. The van der Waals surface area contributed by atoms with Gasteiger partial charge >= 0.3 is 0 Å². The van der Waals surface area contributed by atoms with Gasteiger partial charge in [0.05, 0.1) is 28.9 Å². The molecule has 0 bridgehead atoms. The molecule has 5 aromatic rings. The fourth-order valence-corrected chi connectivity index (χ4v) is 5.00. The summed E-state index contributed by atoms with van der Waals surface area (Å²) in [6.45, 7) is 0. The van der Waals surface area contributed by atoms with E-state index in [0.717, 1.165) is 22.6 Å². The van der Waals surface area contributed by atoms with Crippen molar-refractivity contribution in [2.24, 2.45) is 0 Å². The second-order valence-electron chi connectivity index (χ2n) is 7.27. The van der Waals surface area contributed by atoms with Gasteiger partial charge in [-0.25, -0.2) is 4.68 Å². The number of hydrogen-bond donors (Lipinski definition) is 0. The summed E-state index contributed by atoms with van der Waals surface area (Å²) in [4.78, 5) is 4.81. The van der Waals surface area contributed by atoms with Crippen LogP contribution >= 0.6 is 11.8 Å². The van der Waals surface area contributed by atoms with E-state index in [1.165, 1.54) is 21.2 Å². The highest BCUT2D eigenvalue weighted by molar-refractivity contribution is 7.99. The van der Waals surface area contributed by atoms with Crippen LogP contribution in [0.2, 0.25) is 0 Å². The lowest BCUT2D eigenvalue weighted by Crippen LogP contribution is -2.15. The number of nitrogens with zero attached hydrogens (tertiary/aromatic N) is 4. The molecule has 0 spiro atoms. The number of aromatic nitrogens is 3. The predicted octanol–water partition coefficient (Wildman–Crippen LogP) is 6.87. The standard InChI is InChI=1S/C26H18N4S/c1-2-10-19(11-3-1)29-18-21(27-28-29)20-12-4-5-13-22(20)30-23-14-6-8-16-25(23)31-26-17-9-7-15-24(26)30/h1-18H. The summed E-state index contributed by atoms with van der Waals surface area (Å²) in [5.74, 6) is 0. The van der Waals surface area contributed by atoms with E-state index in [9.17, 15) is 0 Å².